The van der Waals surface area contributed by atoms with Crippen LogP contribution in [-0.2, 0) is 68.9 Å². The summed E-state index contributed by atoms with van der Waals surface area (Å²) in [7, 11) is 2.83. The molecule has 15 N–H and O–H groups in total. The summed E-state index contributed by atoms with van der Waals surface area (Å²) in [6, 6.07) is 26.8. The van der Waals surface area contributed by atoms with Crippen LogP contribution >= 0.6 is 82.0 Å². The third kappa shape index (κ3) is 17.8. The molecule has 6 aliphatic carbocycles. The summed E-state index contributed by atoms with van der Waals surface area (Å²) in [6.07, 6.45) is 20.3. The van der Waals surface area contributed by atoms with Gasteiger partial charge in [-0.05, 0) is 204 Å². The molecule has 6 aliphatic heterocycles. The largest absolute Gasteiger partial charge is 1.00 e. The van der Waals surface area contributed by atoms with Gasteiger partial charge in [-0.1, -0.05) is 182 Å². The first-order chi connectivity index (χ1) is 58.9. The quantitative estimate of drug-likeness (QED) is 0.0424. The van der Waals surface area contributed by atoms with E-state index in [9.17, 15) is 53.4 Å². The number of methoxy groups -OCH3 is 2. The Morgan fingerprint density at radius 3 is 0.992 bits per heavy atom. The Morgan fingerprint density at radius 1 is 0.417 bits per heavy atom. The molecule has 35 heteroatoms. The SMILES string of the molecule is COC(=O)C1CCC(N)CC1.COC(=O)C1CCC(NC(=O)[C@@H]2NC3(CCCCC3)[C@@]3(C(=O)Nc4cc(Cl)ccc43)[C@H]2c2cccc(Cl)c2F)CC1.Cl.O.O=C(O)C1CCC(NC(=O)[C@@H]2NC3(CCCCC3)[C@@]3(C(=O)Nc4cc(Cl)ccc43)[C@H]2c2cccc(Cl)c2F)CC1.O=C(O)[C@@H]1NC2(CCCCC2)[C@@]2(C(=O)Nc3cc(Cl)ccc32)[C@H]1c1cccc(Cl)c1F.[Li+].[OH-]. The fourth-order valence-electron chi connectivity index (χ4n) is 23.9. The molecule has 18 rings (SSSR count). The molecule has 3 saturated heterocycles. The Bertz CT molecular complexity index is 5140. The van der Waals surface area contributed by atoms with Gasteiger partial charge in [-0.2, -0.15) is 0 Å². The summed E-state index contributed by atoms with van der Waals surface area (Å²) in [5.74, 6) is -8.87. The summed E-state index contributed by atoms with van der Waals surface area (Å²) in [5.41, 5.74) is 3.83. The van der Waals surface area contributed by atoms with Crippen LogP contribution in [0.25, 0.3) is 0 Å². The molecular formula is C92H106Cl7F3LiN9O15. The fraction of sp³-hybridized carbons (Fsp3) is 0.511. The number of carbonyl (C=O) groups excluding carboxylic acids is 7. The Morgan fingerprint density at radius 2 is 0.701 bits per heavy atom. The molecule has 0 unspecified atom stereocenters. The van der Waals surface area contributed by atoms with E-state index in [0.717, 1.165) is 89.0 Å². The summed E-state index contributed by atoms with van der Waals surface area (Å²) in [6.45, 7) is 0. The van der Waals surface area contributed by atoms with Crippen molar-refractivity contribution in [2.75, 3.05) is 30.2 Å². The van der Waals surface area contributed by atoms with Gasteiger partial charge in [-0.3, -0.25) is 59.1 Å². The van der Waals surface area contributed by atoms with Crippen molar-refractivity contribution < 1.29 is 106 Å². The number of rotatable bonds is 11. The molecule has 6 aromatic rings. The Kier molecular flexibility index (Phi) is 32.2. The molecule has 0 bridgehead atoms. The number of nitrogens with one attached hydrogen (secondary N) is 8. The van der Waals surface area contributed by atoms with Crippen molar-refractivity contribution in [3.05, 3.63) is 190 Å². The number of anilines is 3. The van der Waals surface area contributed by atoms with Gasteiger partial charge in [0.1, 0.15) is 39.7 Å². The maximum atomic E-state index is 16.0. The number of carboxylic acid groups (broad SMARTS) is 2. The minimum atomic E-state index is -1.30. The van der Waals surface area contributed by atoms with E-state index in [4.69, 9.17) is 80.1 Å². The van der Waals surface area contributed by atoms with Gasteiger partial charge in [-0.15, -0.1) is 12.4 Å². The zero-order valence-corrected chi connectivity index (χ0v) is 76.0. The second-order valence-corrected chi connectivity index (χ2v) is 38.0. The number of hydrogen-bond donors (Lipinski definition) is 11. The van der Waals surface area contributed by atoms with E-state index in [2.05, 4.69) is 47.3 Å². The third-order valence-corrected chi connectivity index (χ3v) is 30.8. The smallest absolute Gasteiger partial charge is 0.870 e. The molecule has 680 valence electrons. The van der Waals surface area contributed by atoms with Crippen LogP contribution in [-0.4, -0.2) is 142 Å². The maximum absolute atomic E-state index is 16.0. The first-order valence-electron chi connectivity index (χ1n) is 42.9. The van der Waals surface area contributed by atoms with Crippen LogP contribution in [0.5, 0.6) is 0 Å². The molecule has 12 aliphatic rings. The van der Waals surface area contributed by atoms with Crippen LogP contribution in [0, 0.1) is 35.2 Å². The van der Waals surface area contributed by atoms with E-state index >= 15 is 13.2 Å². The average molecular weight is 1890 g/mol. The summed E-state index contributed by atoms with van der Waals surface area (Å²) in [5, 5.41) is 46.6. The van der Waals surface area contributed by atoms with Gasteiger partial charge in [0, 0.05) is 84.6 Å². The number of hydrogen-bond acceptors (Lipinski definition) is 16. The number of halogens is 10. The molecule has 6 saturated carbocycles. The minimum absolute atomic E-state index is 0. The van der Waals surface area contributed by atoms with Crippen molar-refractivity contribution in [2.45, 2.75) is 260 Å². The van der Waals surface area contributed by atoms with Crippen LogP contribution in [0.1, 0.15) is 224 Å². The normalized spacial score (nSPS) is 29.1. The molecule has 0 aromatic heterocycles. The van der Waals surface area contributed by atoms with Crippen LogP contribution in [0.15, 0.2) is 109 Å². The Balaban J connectivity index is 0.000000173. The molecule has 5 amide bonds. The molecule has 6 heterocycles. The number of esters is 2. The number of benzene rings is 6. The molecule has 0 radical (unpaired) electrons. The number of nitrogens with two attached hydrogens (primary N) is 1. The van der Waals surface area contributed by atoms with Crippen molar-refractivity contribution in [1.29, 1.82) is 0 Å². The molecule has 24 nitrogen and oxygen atoms in total. The second kappa shape index (κ2) is 40.8. The van der Waals surface area contributed by atoms with Gasteiger partial charge < -0.3 is 63.0 Å². The molecule has 9 fully saturated rings. The minimum Gasteiger partial charge on any atom is -0.870 e. The zero-order chi connectivity index (χ0) is 87.4. The van der Waals surface area contributed by atoms with Crippen molar-refractivity contribution in [2.24, 2.45) is 23.5 Å². The monoisotopic (exact) mass is 1890 g/mol. The topological polar surface area (TPSA) is 396 Å². The molecule has 6 aromatic carbocycles. The second-order valence-electron chi connectivity index (χ2n) is 35.5. The number of aliphatic carboxylic acids is 2. The van der Waals surface area contributed by atoms with E-state index < -0.39 is 104 Å². The maximum Gasteiger partial charge on any atom is 1.00 e. The van der Waals surface area contributed by atoms with Crippen molar-refractivity contribution >= 4 is 152 Å². The summed E-state index contributed by atoms with van der Waals surface area (Å²) >= 11 is 37.5. The van der Waals surface area contributed by atoms with Crippen LogP contribution in [0.3, 0.4) is 0 Å². The zero-order valence-electron chi connectivity index (χ0n) is 70.6. The van der Waals surface area contributed by atoms with E-state index in [-0.39, 0.29) is 139 Å². The van der Waals surface area contributed by atoms with Crippen LogP contribution in [0.2, 0.25) is 30.1 Å². The molecule has 6 spiro atoms. The number of carbonyl (C=O) groups is 9. The first kappa shape index (κ1) is 100. The molecular weight excluding hydrogens is 1780 g/mol. The van der Waals surface area contributed by atoms with Crippen molar-refractivity contribution in [3.8, 4) is 0 Å². The number of fused-ring (bicyclic) bond motifs is 9. The fourth-order valence-corrected chi connectivity index (χ4v) is 24.9. The van der Waals surface area contributed by atoms with Crippen LogP contribution < -0.4 is 67.1 Å². The summed E-state index contributed by atoms with van der Waals surface area (Å²) in [4.78, 5) is 118. The first-order valence-corrected chi connectivity index (χ1v) is 45.2. The van der Waals surface area contributed by atoms with E-state index in [1.807, 2.05) is 12.1 Å². The number of ether oxygens (including phenoxy) is 2. The van der Waals surface area contributed by atoms with Gasteiger partial charge in [0.05, 0.1) is 59.1 Å². The van der Waals surface area contributed by atoms with Gasteiger partial charge in [-0.25, -0.2) is 13.2 Å². The van der Waals surface area contributed by atoms with Gasteiger partial charge in [0.25, 0.3) is 0 Å². The van der Waals surface area contributed by atoms with Gasteiger partial charge in [0.15, 0.2) is 0 Å². The average Bonchev–Trinajstić information content (AvgIpc) is 1.52. The number of carboxylic acids is 2. The predicted molar refractivity (Wildman–Crippen MR) is 476 cm³/mol. The Hall–Kier alpha value is -7.27. The van der Waals surface area contributed by atoms with E-state index in [0.29, 0.717) is 139 Å². The molecule has 9 atom stereocenters. The summed E-state index contributed by atoms with van der Waals surface area (Å²) < 4.78 is 56.8. The Labute approximate surface area is 783 Å². The standard InChI is InChI=1S/C31H34Cl2FN3O4.C30H32Cl2FN3O4.C23H21Cl2FN2O3.C8H15NO2.ClH.Li.2H2O/c1-41-28(39)17-8-11-19(12-9-17)35-27(38)26-24(20-6-5-7-22(33)25(20)34)31(30(37-26)14-3-2-4-15-30)21-13-10-18(32)16-23(21)36-29(31)40;31-17-9-12-20-22(15-17)35-28(40)30(20)23(19-5-4-6-21(32)24(19)33)25(36-29(30)13-2-1-3-14-29)26(37)34-18-10-7-16(8-11-18)27(38)39;24-12-7-8-14-16(11-12)27-21(31)23(14)17(13-5-4-6-15(25)18(13)26)19(20(29)30)28-22(23)9-2-1-3-10-22;1-11-8(10)6-2-4-7(9)5-3-6;;;;/h5-7,10,13,16-17,19,24,26,37H,2-4,8-9,11-12,14-15H2,1H3,(H,35,38)(H,36,40);4-6,9,12,15-16,18,23,25,36H,1-3,7-8,10-11,13-14H2,(H,34,37)(H,35,40)(H,38,39);4-8,11,17,19,28H,1-3,9-10H2,(H,27,31)(H,29,30);6-7H,2-5,9H2,1H3;1H;;2*1H2/q;;;;;+1;;/p-1/t17?,19?,24-,26+,31+;16?,18?,23-,25+,30+;17-,19+,23+;;;;;/m000...../s1. The van der Waals surface area contributed by atoms with Gasteiger partial charge in [0.2, 0.25) is 29.5 Å². The van der Waals surface area contributed by atoms with Gasteiger partial charge >= 0.3 is 42.7 Å². The number of amides is 5. The van der Waals surface area contributed by atoms with E-state index in [1.165, 1.54) is 38.5 Å². The van der Waals surface area contributed by atoms with E-state index in [1.54, 1.807) is 72.8 Å². The van der Waals surface area contributed by atoms with Crippen LogP contribution in [0.4, 0.5) is 30.2 Å². The van der Waals surface area contributed by atoms with Crippen molar-refractivity contribution in [3.63, 3.8) is 0 Å². The molecule has 127 heavy (non-hydrogen) atoms. The third-order valence-electron chi connectivity index (χ3n) is 29.2. The predicted octanol–water partition coefficient (Wildman–Crippen LogP) is 13.1. The van der Waals surface area contributed by atoms with Crippen molar-refractivity contribution in [1.82, 2.24) is 26.6 Å².